The van der Waals surface area contributed by atoms with Crippen molar-refractivity contribution in [3.63, 3.8) is 0 Å². The van der Waals surface area contributed by atoms with Gasteiger partial charge < -0.3 is 14.7 Å². The molecule has 0 bridgehead atoms. The third kappa shape index (κ3) is 4.19. The second kappa shape index (κ2) is 8.44. The van der Waals surface area contributed by atoms with Crippen molar-refractivity contribution in [3.05, 3.63) is 15.7 Å². The van der Waals surface area contributed by atoms with E-state index in [4.69, 9.17) is 16.3 Å². The summed E-state index contributed by atoms with van der Waals surface area (Å²) in [6, 6.07) is 0. The minimum atomic E-state index is -0.755. The number of hydrogen-bond acceptors (Lipinski definition) is 7. The molecule has 0 spiro atoms. The molecule has 3 heterocycles. The number of halogens is 1. The lowest BCUT2D eigenvalue weighted by Gasteiger charge is -2.31. The number of aliphatic carboxylic acids is 1. The summed E-state index contributed by atoms with van der Waals surface area (Å²) in [4.78, 5) is 36.1. The zero-order valence-corrected chi connectivity index (χ0v) is 17.9. The third-order valence-electron chi connectivity index (χ3n) is 5.90. The molecule has 156 valence electrons. The van der Waals surface area contributed by atoms with Crippen LogP contribution in [-0.4, -0.2) is 46.2 Å². The van der Waals surface area contributed by atoms with Gasteiger partial charge in [0.1, 0.15) is 21.6 Å². The molecular formula is C20H24ClN3O4S. The topological polar surface area (TPSA) is 92.6 Å². The zero-order valence-electron chi connectivity index (χ0n) is 16.3. The van der Waals surface area contributed by atoms with Crippen LogP contribution in [0.15, 0.2) is 0 Å². The van der Waals surface area contributed by atoms with Crippen molar-refractivity contribution in [2.75, 3.05) is 18.0 Å². The van der Waals surface area contributed by atoms with E-state index in [9.17, 15) is 14.7 Å². The minimum absolute atomic E-state index is 0.00921. The molecule has 1 N–H and O–H groups in total. The lowest BCUT2D eigenvalue weighted by atomic mass is 9.97. The number of fused-ring (bicyclic) bond motifs is 1. The molecular weight excluding hydrogens is 414 g/mol. The van der Waals surface area contributed by atoms with E-state index in [0.717, 1.165) is 36.6 Å². The van der Waals surface area contributed by atoms with Crippen LogP contribution < -0.4 is 4.90 Å². The van der Waals surface area contributed by atoms with Gasteiger partial charge in [0.25, 0.3) is 0 Å². The quantitative estimate of drug-likeness (QED) is 0.558. The predicted octanol–water partition coefficient (Wildman–Crippen LogP) is 4.44. The van der Waals surface area contributed by atoms with Crippen molar-refractivity contribution in [2.24, 2.45) is 5.92 Å². The molecule has 0 aromatic carbocycles. The first-order valence-corrected chi connectivity index (χ1v) is 11.3. The molecule has 2 fully saturated rings. The van der Waals surface area contributed by atoms with Crippen LogP contribution in [0.5, 0.6) is 0 Å². The number of hydrogen-bond donors (Lipinski definition) is 1. The number of ether oxygens (including phenoxy) is 1. The number of carboxylic acid groups (broad SMARTS) is 1. The van der Waals surface area contributed by atoms with Gasteiger partial charge >= 0.3 is 11.9 Å². The van der Waals surface area contributed by atoms with Crippen LogP contribution in [0.2, 0.25) is 5.28 Å². The lowest BCUT2D eigenvalue weighted by molar-refractivity contribution is -0.142. The van der Waals surface area contributed by atoms with Gasteiger partial charge in [0.15, 0.2) is 0 Å². The largest absolute Gasteiger partial charge is 0.481 e. The van der Waals surface area contributed by atoms with Crippen molar-refractivity contribution >= 4 is 50.9 Å². The Hall–Kier alpha value is -1.93. The molecule has 1 aliphatic heterocycles. The number of aryl methyl sites for hydroxylation is 1. The monoisotopic (exact) mass is 437 g/mol. The van der Waals surface area contributed by atoms with Crippen molar-refractivity contribution < 1.29 is 19.4 Å². The first kappa shape index (κ1) is 20.3. The fraction of sp³-hybridized carbons (Fsp3) is 0.600. The lowest BCUT2D eigenvalue weighted by Crippen LogP contribution is -2.37. The molecule has 7 nitrogen and oxygen atoms in total. The summed E-state index contributed by atoms with van der Waals surface area (Å²) in [5.74, 6) is -0.711. The maximum atomic E-state index is 12.8. The molecule has 9 heteroatoms. The Labute approximate surface area is 178 Å². The van der Waals surface area contributed by atoms with Gasteiger partial charge in [0.05, 0.1) is 11.3 Å². The third-order valence-corrected chi connectivity index (χ3v) is 7.23. The summed E-state index contributed by atoms with van der Waals surface area (Å²) in [6.07, 6.45) is 6.34. The number of carboxylic acids is 1. The summed E-state index contributed by atoms with van der Waals surface area (Å²) in [5, 5.41) is 10.2. The molecule has 1 saturated heterocycles. The van der Waals surface area contributed by atoms with Crippen molar-refractivity contribution in [2.45, 2.75) is 58.0 Å². The molecule has 2 aromatic heterocycles. The number of esters is 1. The summed E-state index contributed by atoms with van der Waals surface area (Å²) in [6.45, 7) is 3.05. The van der Waals surface area contributed by atoms with Crippen LogP contribution >= 0.6 is 22.9 Å². The molecule has 1 aliphatic carbocycles. The van der Waals surface area contributed by atoms with Gasteiger partial charge in [-0.05, 0) is 62.6 Å². The second-order valence-electron chi connectivity index (χ2n) is 7.82. The Kier molecular flexibility index (Phi) is 5.92. The van der Waals surface area contributed by atoms with Gasteiger partial charge in [0, 0.05) is 13.1 Å². The highest BCUT2D eigenvalue weighted by molar-refractivity contribution is 7.20. The SMILES string of the molecule is Cc1c(C(=O)OC2CCCCC2)sc2nc(Cl)nc(N3CCC(C(=O)O)CC3)c12. The van der Waals surface area contributed by atoms with Crippen LogP contribution in [0.1, 0.15) is 60.2 Å². The Balaban J connectivity index is 1.62. The van der Waals surface area contributed by atoms with Crippen LogP contribution in [0.4, 0.5) is 5.82 Å². The van der Waals surface area contributed by atoms with E-state index in [1.807, 2.05) is 11.8 Å². The number of thiophene rings is 1. The summed E-state index contributed by atoms with van der Waals surface area (Å²) in [7, 11) is 0. The average molecular weight is 438 g/mol. The molecule has 2 aromatic rings. The predicted molar refractivity (Wildman–Crippen MR) is 112 cm³/mol. The van der Waals surface area contributed by atoms with Gasteiger partial charge in [-0.2, -0.15) is 4.98 Å². The zero-order chi connectivity index (χ0) is 20.5. The number of aromatic nitrogens is 2. The first-order chi connectivity index (χ1) is 13.9. The smallest absolute Gasteiger partial charge is 0.348 e. The fourth-order valence-corrected chi connectivity index (χ4v) is 5.52. The Morgan fingerprint density at radius 2 is 1.83 bits per heavy atom. The van der Waals surface area contributed by atoms with Crippen LogP contribution in [0.3, 0.4) is 0 Å². The van der Waals surface area contributed by atoms with Gasteiger partial charge in [0.2, 0.25) is 5.28 Å². The van der Waals surface area contributed by atoms with E-state index in [2.05, 4.69) is 9.97 Å². The molecule has 0 atom stereocenters. The second-order valence-corrected chi connectivity index (χ2v) is 9.15. The Morgan fingerprint density at radius 1 is 1.14 bits per heavy atom. The molecule has 0 radical (unpaired) electrons. The van der Waals surface area contributed by atoms with Crippen molar-refractivity contribution in [1.82, 2.24) is 9.97 Å². The first-order valence-electron chi connectivity index (χ1n) is 10.1. The highest BCUT2D eigenvalue weighted by Crippen LogP contribution is 2.38. The van der Waals surface area contributed by atoms with E-state index in [0.29, 0.717) is 41.5 Å². The highest BCUT2D eigenvalue weighted by atomic mass is 35.5. The van der Waals surface area contributed by atoms with E-state index in [-0.39, 0.29) is 23.3 Å². The number of carbonyl (C=O) groups excluding carboxylic acids is 1. The minimum Gasteiger partial charge on any atom is -0.481 e. The van der Waals surface area contributed by atoms with Crippen molar-refractivity contribution in [3.8, 4) is 0 Å². The fourth-order valence-electron chi connectivity index (χ4n) is 4.24. The molecule has 29 heavy (non-hydrogen) atoms. The maximum Gasteiger partial charge on any atom is 0.348 e. The van der Waals surface area contributed by atoms with Gasteiger partial charge in [-0.15, -0.1) is 11.3 Å². The number of nitrogens with zero attached hydrogens (tertiary/aromatic N) is 3. The van der Waals surface area contributed by atoms with Gasteiger partial charge in [-0.1, -0.05) is 6.42 Å². The van der Waals surface area contributed by atoms with E-state index in [1.165, 1.54) is 17.8 Å². The van der Waals surface area contributed by atoms with Gasteiger partial charge in [-0.3, -0.25) is 4.79 Å². The standard InChI is InChI=1S/C20H24ClN3O4S/c1-11-14-16(24-9-7-12(8-10-24)18(25)26)22-20(21)23-17(14)29-15(11)19(27)28-13-5-3-2-4-6-13/h12-13H,2-10H2,1H3,(H,25,26). The van der Waals surface area contributed by atoms with Crippen LogP contribution in [0, 0.1) is 12.8 Å². The number of anilines is 1. The summed E-state index contributed by atoms with van der Waals surface area (Å²) < 4.78 is 5.76. The van der Waals surface area contributed by atoms with E-state index in [1.54, 1.807) is 0 Å². The molecule has 0 amide bonds. The van der Waals surface area contributed by atoms with E-state index < -0.39 is 5.97 Å². The summed E-state index contributed by atoms with van der Waals surface area (Å²) >= 11 is 7.45. The number of carbonyl (C=O) groups is 2. The Bertz CT molecular complexity index is 933. The number of rotatable bonds is 4. The highest BCUT2D eigenvalue weighted by Gasteiger charge is 2.29. The summed E-state index contributed by atoms with van der Waals surface area (Å²) in [5.41, 5.74) is 0.804. The molecule has 1 saturated carbocycles. The van der Waals surface area contributed by atoms with Crippen molar-refractivity contribution in [1.29, 1.82) is 0 Å². The number of piperidine rings is 1. The molecule has 2 aliphatic rings. The average Bonchev–Trinajstić information content (AvgIpc) is 3.04. The van der Waals surface area contributed by atoms with Gasteiger partial charge in [-0.25, -0.2) is 9.78 Å². The normalized spacial score (nSPS) is 18.9. The molecule has 4 rings (SSSR count). The van der Waals surface area contributed by atoms with Crippen LogP contribution in [-0.2, 0) is 9.53 Å². The maximum absolute atomic E-state index is 12.8. The van der Waals surface area contributed by atoms with Crippen LogP contribution in [0.25, 0.3) is 10.2 Å². The Morgan fingerprint density at radius 3 is 2.48 bits per heavy atom. The molecule has 0 unspecified atom stereocenters. The van der Waals surface area contributed by atoms with E-state index >= 15 is 0 Å².